The summed E-state index contributed by atoms with van der Waals surface area (Å²) in [6.45, 7) is 3.94. The number of hydrogen-bond donors (Lipinski definition) is 1. The Kier molecular flexibility index (Phi) is 6.13. The van der Waals surface area contributed by atoms with Gasteiger partial charge in [-0.15, -0.1) is 0 Å². The first kappa shape index (κ1) is 18.3. The highest BCUT2D eigenvalue weighted by atomic mass is 16.3. The minimum atomic E-state index is 0.286. The van der Waals surface area contributed by atoms with Gasteiger partial charge in [-0.05, 0) is 55.3 Å². The molecule has 1 heterocycles. The third-order valence-electron chi connectivity index (χ3n) is 4.76. The molecule has 0 saturated heterocycles. The molecule has 26 heavy (non-hydrogen) atoms. The number of aryl methyl sites for hydroxylation is 1. The lowest BCUT2D eigenvalue weighted by atomic mass is 9.92. The molecule has 0 radical (unpaired) electrons. The maximum atomic E-state index is 5.70. The van der Waals surface area contributed by atoms with E-state index in [4.69, 9.17) is 4.42 Å². The molecule has 0 aliphatic rings. The summed E-state index contributed by atoms with van der Waals surface area (Å²) in [6, 6.07) is 21.5. The number of anilines is 1. The predicted molar refractivity (Wildman–Crippen MR) is 109 cm³/mol. The van der Waals surface area contributed by atoms with Crippen LogP contribution in [0.5, 0.6) is 0 Å². The van der Waals surface area contributed by atoms with Crippen molar-refractivity contribution in [3.63, 3.8) is 0 Å². The largest absolute Gasteiger partial charge is 0.469 e. The predicted octanol–water partition coefficient (Wildman–Crippen LogP) is 4.97. The number of nitrogens with one attached hydrogen (secondary N) is 1. The van der Waals surface area contributed by atoms with Crippen molar-refractivity contribution in [1.82, 2.24) is 5.32 Å². The van der Waals surface area contributed by atoms with E-state index in [1.54, 1.807) is 6.26 Å². The molecule has 3 heteroatoms. The maximum absolute atomic E-state index is 5.70. The van der Waals surface area contributed by atoms with Crippen LogP contribution in [0.3, 0.4) is 0 Å². The number of rotatable bonds is 8. The average molecular weight is 348 g/mol. The summed E-state index contributed by atoms with van der Waals surface area (Å²) in [7, 11) is 4.13. The Labute approximate surface area is 156 Å². The zero-order valence-corrected chi connectivity index (χ0v) is 15.9. The highest BCUT2D eigenvalue weighted by Crippen LogP contribution is 2.28. The van der Waals surface area contributed by atoms with Crippen LogP contribution in [-0.2, 0) is 6.54 Å². The van der Waals surface area contributed by atoms with Crippen molar-refractivity contribution in [3.05, 3.63) is 89.4 Å². The van der Waals surface area contributed by atoms with Gasteiger partial charge in [0.05, 0.1) is 6.26 Å². The molecule has 3 nitrogen and oxygen atoms in total. The Morgan fingerprint density at radius 1 is 0.962 bits per heavy atom. The standard InChI is InChI=1S/C23H28N2O/c1-18-6-10-20(11-7-18)22(23-5-4-16-26-23)14-15-24-17-19-8-12-21(13-9-19)25(2)3/h4-13,16,22,24H,14-15,17H2,1-3H3/t22-/m1/s1. The molecule has 1 aromatic heterocycles. The molecule has 0 saturated carbocycles. The molecule has 1 N–H and O–H groups in total. The van der Waals surface area contributed by atoms with Crippen LogP contribution in [0.15, 0.2) is 71.3 Å². The molecular formula is C23H28N2O. The number of furan rings is 1. The van der Waals surface area contributed by atoms with Crippen molar-refractivity contribution in [2.24, 2.45) is 0 Å². The second kappa shape index (κ2) is 8.72. The topological polar surface area (TPSA) is 28.4 Å². The van der Waals surface area contributed by atoms with E-state index in [9.17, 15) is 0 Å². The van der Waals surface area contributed by atoms with E-state index in [1.807, 2.05) is 6.07 Å². The zero-order valence-electron chi connectivity index (χ0n) is 15.9. The highest BCUT2D eigenvalue weighted by Gasteiger charge is 2.16. The van der Waals surface area contributed by atoms with Gasteiger partial charge in [0.25, 0.3) is 0 Å². The summed E-state index contributed by atoms with van der Waals surface area (Å²) in [4.78, 5) is 2.12. The SMILES string of the molecule is Cc1ccc([C@@H](CCNCc2ccc(N(C)C)cc2)c2ccco2)cc1. The van der Waals surface area contributed by atoms with Crippen LogP contribution < -0.4 is 10.2 Å². The van der Waals surface area contributed by atoms with Crippen molar-refractivity contribution in [1.29, 1.82) is 0 Å². The Balaban J connectivity index is 1.57. The molecule has 0 spiro atoms. The molecular weight excluding hydrogens is 320 g/mol. The third-order valence-corrected chi connectivity index (χ3v) is 4.76. The van der Waals surface area contributed by atoms with Gasteiger partial charge in [-0.3, -0.25) is 0 Å². The smallest absolute Gasteiger partial charge is 0.111 e. The molecule has 1 atom stereocenters. The molecule has 0 unspecified atom stereocenters. The van der Waals surface area contributed by atoms with Crippen molar-refractivity contribution in [3.8, 4) is 0 Å². The first-order valence-electron chi connectivity index (χ1n) is 9.20. The van der Waals surface area contributed by atoms with E-state index in [2.05, 4.69) is 85.8 Å². The second-order valence-corrected chi connectivity index (χ2v) is 7.01. The maximum Gasteiger partial charge on any atom is 0.111 e. The van der Waals surface area contributed by atoms with Gasteiger partial charge in [0.15, 0.2) is 0 Å². The monoisotopic (exact) mass is 348 g/mol. The molecule has 136 valence electrons. The summed E-state index contributed by atoms with van der Waals surface area (Å²) in [5.74, 6) is 1.32. The molecule has 0 aliphatic heterocycles. The summed E-state index contributed by atoms with van der Waals surface area (Å²) < 4.78 is 5.70. The average Bonchev–Trinajstić information content (AvgIpc) is 3.17. The summed E-state index contributed by atoms with van der Waals surface area (Å²) in [5, 5.41) is 3.57. The van der Waals surface area contributed by atoms with Gasteiger partial charge in [-0.2, -0.15) is 0 Å². The molecule has 2 aromatic carbocycles. The lowest BCUT2D eigenvalue weighted by Crippen LogP contribution is -2.18. The summed E-state index contributed by atoms with van der Waals surface area (Å²) in [6.07, 6.45) is 2.77. The van der Waals surface area contributed by atoms with Gasteiger partial charge in [0.2, 0.25) is 0 Å². The van der Waals surface area contributed by atoms with E-state index in [1.165, 1.54) is 22.4 Å². The van der Waals surface area contributed by atoms with Crippen LogP contribution in [0.25, 0.3) is 0 Å². The van der Waals surface area contributed by atoms with E-state index in [0.717, 1.165) is 25.3 Å². The van der Waals surface area contributed by atoms with Crippen molar-refractivity contribution >= 4 is 5.69 Å². The fourth-order valence-corrected chi connectivity index (χ4v) is 3.15. The van der Waals surface area contributed by atoms with E-state index in [-0.39, 0.29) is 5.92 Å². The molecule has 0 bridgehead atoms. The minimum absolute atomic E-state index is 0.286. The zero-order chi connectivity index (χ0) is 18.4. The van der Waals surface area contributed by atoms with Crippen LogP contribution in [0.2, 0.25) is 0 Å². The van der Waals surface area contributed by atoms with Crippen LogP contribution in [-0.4, -0.2) is 20.6 Å². The van der Waals surface area contributed by atoms with Gasteiger partial charge in [-0.1, -0.05) is 42.0 Å². The van der Waals surface area contributed by atoms with E-state index in [0.29, 0.717) is 0 Å². The third kappa shape index (κ3) is 4.77. The van der Waals surface area contributed by atoms with Gasteiger partial charge >= 0.3 is 0 Å². The Bertz CT molecular complexity index is 774. The summed E-state index contributed by atoms with van der Waals surface area (Å²) in [5.41, 5.74) is 5.13. The second-order valence-electron chi connectivity index (χ2n) is 7.01. The molecule has 0 aliphatic carbocycles. The van der Waals surface area contributed by atoms with E-state index >= 15 is 0 Å². The lowest BCUT2D eigenvalue weighted by Gasteiger charge is -2.16. The van der Waals surface area contributed by atoms with Crippen molar-refractivity contribution in [2.75, 3.05) is 25.5 Å². The van der Waals surface area contributed by atoms with Crippen LogP contribution in [0.1, 0.15) is 34.8 Å². The van der Waals surface area contributed by atoms with Gasteiger partial charge in [-0.25, -0.2) is 0 Å². The Morgan fingerprint density at radius 3 is 2.31 bits per heavy atom. The first-order chi connectivity index (χ1) is 12.6. The number of nitrogens with zero attached hydrogens (tertiary/aromatic N) is 1. The normalized spacial score (nSPS) is 12.1. The first-order valence-corrected chi connectivity index (χ1v) is 9.20. The summed E-state index contributed by atoms with van der Waals surface area (Å²) >= 11 is 0. The van der Waals surface area contributed by atoms with Crippen LogP contribution in [0, 0.1) is 6.92 Å². The number of hydrogen-bond acceptors (Lipinski definition) is 3. The molecule has 3 rings (SSSR count). The number of benzene rings is 2. The van der Waals surface area contributed by atoms with Gasteiger partial charge < -0.3 is 14.6 Å². The molecule has 3 aromatic rings. The quantitative estimate of drug-likeness (QED) is 0.583. The van der Waals surface area contributed by atoms with Crippen molar-refractivity contribution in [2.45, 2.75) is 25.8 Å². The molecule has 0 fully saturated rings. The van der Waals surface area contributed by atoms with E-state index < -0.39 is 0 Å². The fraction of sp³-hybridized carbons (Fsp3) is 0.304. The lowest BCUT2D eigenvalue weighted by molar-refractivity contribution is 0.466. The van der Waals surface area contributed by atoms with Gasteiger partial charge in [0, 0.05) is 32.2 Å². The van der Waals surface area contributed by atoms with Crippen LogP contribution in [0.4, 0.5) is 5.69 Å². The van der Waals surface area contributed by atoms with Gasteiger partial charge in [0.1, 0.15) is 5.76 Å². The van der Waals surface area contributed by atoms with Crippen molar-refractivity contribution < 1.29 is 4.42 Å². The Morgan fingerprint density at radius 2 is 1.69 bits per heavy atom. The molecule has 0 amide bonds. The van der Waals surface area contributed by atoms with Crippen LogP contribution >= 0.6 is 0 Å². The fourth-order valence-electron chi connectivity index (χ4n) is 3.15. The highest BCUT2D eigenvalue weighted by molar-refractivity contribution is 5.45. The minimum Gasteiger partial charge on any atom is -0.469 e. The Hall–Kier alpha value is -2.52.